The molecule has 0 spiro atoms. The largest absolute Gasteiger partial charge is 0.452 e. The summed E-state index contributed by atoms with van der Waals surface area (Å²) in [5.41, 5.74) is 0.383. The molecular formula is C19H18FN3O4. The maximum Gasteiger partial charge on any atom is 0.374 e. The van der Waals surface area contributed by atoms with Crippen LogP contribution in [-0.2, 0) is 22.6 Å². The molecule has 2 aromatic heterocycles. The monoisotopic (exact) mass is 371 g/mol. The summed E-state index contributed by atoms with van der Waals surface area (Å²) in [7, 11) is 1.51. The van der Waals surface area contributed by atoms with Crippen LogP contribution in [0, 0.1) is 5.82 Å². The maximum absolute atomic E-state index is 13.6. The summed E-state index contributed by atoms with van der Waals surface area (Å²) in [5, 5.41) is 4.05. The van der Waals surface area contributed by atoms with Gasteiger partial charge in [-0.1, -0.05) is 18.2 Å². The quantitative estimate of drug-likeness (QED) is 0.596. The van der Waals surface area contributed by atoms with Gasteiger partial charge in [0.25, 0.3) is 5.91 Å². The van der Waals surface area contributed by atoms with Crippen LogP contribution < -0.4 is 0 Å². The summed E-state index contributed by atoms with van der Waals surface area (Å²) in [5.74, 6) is -1.05. The molecular weight excluding hydrogens is 353 g/mol. The number of nitrogens with zero attached hydrogens (tertiary/aromatic N) is 3. The van der Waals surface area contributed by atoms with Crippen molar-refractivity contribution in [2.45, 2.75) is 13.1 Å². The Bertz CT molecular complexity index is 921. The normalized spacial score (nSPS) is 10.6. The predicted octanol–water partition coefficient (Wildman–Crippen LogP) is 2.48. The molecule has 2 heterocycles. The first-order chi connectivity index (χ1) is 13.0. The Hall–Kier alpha value is -3.42. The summed E-state index contributed by atoms with van der Waals surface area (Å²) in [6, 6.07) is 11.1. The van der Waals surface area contributed by atoms with Crippen molar-refractivity contribution in [2.75, 3.05) is 13.7 Å². The third-order valence-electron chi connectivity index (χ3n) is 3.86. The van der Waals surface area contributed by atoms with Crippen LogP contribution in [0.25, 0.3) is 0 Å². The van der Waals surface area contributed by atoms with Crippen molar-refractivity contribution in [3.63, 3.8) is 0 Å². The highest BCUT2D eigenvalue weighted by molar-refractivity contribution is 5.88. The fourth-order valence-electron chi connectivity index (χ4n) is 2.41. The van der Waals surface area contributed by atoms with Crippen molar-refractivity contribution >= 4 is 11.9 Å². The third kappa shape index (κ3) is 4.81. The Morgan fingerprint density at radius 2 is 2.04 bits per heavy atom. The lowest BCUT2D eigenvalue weighted by molar-refractivity contribution is -0.133. The van der Waals surface area contributed by atoms with Gasteiger partial charge >= 0.3 is 5.97 Å². The van der Waals surface area contributed by atoms with E-state index in [2.05, 4.69) is 5.10 Å². The number of amides is 1. The van der Waals surface area contributed by atoms with Crippen LogP contribution in [0.2, 0.25) is 0 Å². The fourth-order valence-corrected chi connectivity index (χ4v) is 2.41. The van der Waals surface area contributed by atoms with E-state index < -0.39 is 24.3 Å². The molecule has 27 heavy (non-hydrogen) atoms. The highest BCUT2D eigenvalue weighted by atomic mass is 19.1. The predicted molar refractivity (Wildman–Crippen MR) is 93.2 cm³/mol. The number of likely N-dealkylation sites (N-methyl/N-ethyl adjacent to an activating group) is 1. The van der Waals surface area contributed by atoms with Gasteiger partial charge in [-0.15, -0.1) is 0 Å². The molecule has 0 aliphatic rings. The van der Waals surface area contributed by atoms with Gasteiger partial charge < -0.3 is 14.1 Å². The molecule has 1 amide bonds. The summed E-state index contributed by atoms with van der Waals surface area (Å²) in [6.45, 7) is 0.00138. The number of esters is 1. The van der Waals surface area contributed by atoms with E-state index in [1.54, 1.807) is 47.4 Å². The molecule has 0 radical (unpaired) electrons. The van der Waals surface area contributed by atoms with Crippen molar-refractivity contribution < 1.29 is 23.1 Å². The molecule has 8 heteroatoms. The van der Waals surface area contributed by atoms with E-state index in [9.17, 15) is 14.0 Å². The second-order valence-corrected chi connectivity index (χ2v) is 5.89. The number of benzene rings is 1. The summed E-state index contributed by atoms with van der Waals surface area (Å²) < 4.78 is 25.7. The van der Waals surface area contributed by atoms with Gasteiger partial charge in [0.1, 0.15) is 11.6 Å². The average Bonchev–Trinajstić information content (AvgIpc) is 3.34. The third-order valence-corrected chi connectivity index (χ3v) is 3.86. The molecule has 3 rings (SSSR count). The van der Waals surface area contributed by atoms with Crippen LogP contribution in [-0.4, -0.2) is 40.2 Å². The number of halogens is 1. The Labute approximate surface area is 154 Å². The highest BCUT2D eigenvalue weighted by Gasteiger charge is 2.17. The van der Waals surface area contributed by atoms with Gasteiger partial charge in [0.05, 0.1) is 6.54 Å². The van der Waals surface area contributed by atoms with Crippen molar-refractivity contribution in [3.8, 4) is 0 Å². The van der Waals surface area contributed by atoms with Crippen LogP contribution in [0.4, 0.5) is 4.39 Å². The standard InChI is InChI=1S/C19H18FN3O4/c1-22(11-14-5-2-3-6-16(14)20)18(24)13-26-19(25)17-8-7-15(27-17)12-23-10-4-9-21-23/h2-10H,11-13H2,1H3. The molecule has 140 valence electrons. The van der Waals surface area contributed by atoms with Gasteiger partial charge in [0, 0.05) is 31.5 Å². The summed E-state index contributed by atoms with van der Waals surface area (Å²) in [4.78, 5) is 25.4. The zero-order valence-corrected chi connectivity index (χ0v) is 14.7. The van der Waals surface area contributed by atoms with Gasteiger partial charge in [-0.2, -0.15) is 5.10 Å². The van der Waals surface area contributed by atoms with Gasteiger partial charge in [0.15, 0.2) is 6.61 Å². The number of rotatable bonds is 7. The molecule has 0 N–H and O–H groups in total. The van der Waals surface area contributed by atoms with Crippen molar-refractivity contribution in [1.29, 1.82) is 0 Å². The number of ether oxygens (including phenoxy) is 1. The molecule has 0 bridgehead atoms. The van der Waals surface area contributed by atoms with Gasteiger partial charge in [-0.3, -0.25) is 9.48 Å². The summed E-state index contributed by atoms with van der Waals surface area (Å²) in [6.07, 6.45) is 3.41. The average molecular weight is 371 g/mol. The number of hydrogen-bond donors (Lipinski definition) is 0. The molecule has 1 aromatic carbocycles. The Morgan fingerprint density at radius 1 is 1.22 bits per heavy atom. The molecule has 0 saturated carbocycles. The van der Waals surface area contributed by atoms with Crippen molar-refractivity contribution in [2.24, 2.45) is 0 Å². The highest BCUT2D eigenvalue weighted by Crippen LogP contribution is 2.12. The van der Waals surface area contributed by atoms with Crippen LogP contribution in [0.15, 0.2) is 59.3 Å². The van der Waals surface area contributed by atoms with Crippen LogP contribution in [0.3, 0.4) is 0 Å². The van der Waals surface area contributed by atoms with Crippen LogP contribution >= 0.6 is 0 Å². The van der Waals surface area contributed by atoms with E-state index in [0.717, 1.165) is 0 Å². The van der Waals surface area contributed by atoms with E-state index in [1.165, 1.54) is 24.1 Å². The fraction of sp³-hybridized carbons (Fsp3) is 0.211. The van der Waals surface area contributed by atoms with Gasteiger partial charge in [-0.05, 0) is 24.3 Å². The number of furan rings is 1. The van der Waals surface area contributed by atoms with Crippen LogP contribution in [0.5, 0.6) is 0 Å². The lowest BCUT2D eigenvalue weighted by Crippen LogP contribution is -2.31. The number of carbonyl (C=O) groups excluding carboxylic acids is 2. The minimum absolute atomic E-state index is 0.00159. The summed E-state index contributed by atoms with van der Waals surface area (Å²) >= 11 is 0. The molecule has 7 nitrogen and oxygen atoms in total. The van der Waals surface area contributed by atoms with Crippen molar-refractivity contribution in [3.05, 3.63) is 77.8 Å². The topological polar surface area (TPSA) is 77.6 Å². The second kappa shape index (κ2) is 8.31. The van der Waals surface area contributed by atoms with E-state index >= 15 is 0 Å². The van der Waals surface area contributed by atoms with E-state index in [0.29, 0.717) is 17.9 Å². The zero-order valence-electron chi connectivity index (χ0n) is 14.7. The van der Waals surface area contributed by atoms with E-state index in [4.69, 9.17) is 9.15 Å². The first kappa shape index (κ1) is 18.4. The molecule has 0 saturated heterocycles. The minimum atomic E-state index is -0.741. The van der Waals surface area contributed by atoms with Gasteiger partial charge in [-0.25, -0.2) is 9.18 Å². The number of carbonyl (C=O) groups is 2. The maximum atomic E-state index is 13.6. The molecule has 0 aliphatic carbocycles. The van der Waals surface area contributed by atoms with Crippen molar-refractivity contribution in [1.82, 2.24) is 14.7 Å². The minimum Gasteiger partial charge on any atom is -0.452 e. The first-order valence-corrected chi connectivity index (χ1v) is 8.23. The molecule has 0 aliphatic heterocycles. The number of hydrogen-bond acceptors (Lipinski definition) is 5. The first-order valence-electron chi connectivity index (χ1n) is 8.23. The van der Waals surface area contributed by atoms with E-state index in [-0.39, 0.29) is 12.3 Å². The smallest absolute Gasteiger partial charge is 0.374 e. The molecule has 0 atom stereocenters. The van der Waals surface area contributed by atoms with E-state index in [1.807, 2.05) is 0 Å². The van der Waals surface area contributed by atoms with Crippen LogP contribution in [0.1, 0.15) is 21.9 Å². The molecule has 3 aromatic rings. The Balaban J connectivity index is 1.50. The second-order valence-electron chi connectivity index (χ2n) is 5.89. The number of aromatic nitrogens is 2. The molecule has 0 unspecified atom stereocenters. The van der Waals surface area contributed by atoms with Gasteiger partial charge in [0.2, 0.25) is 5.76 Å². The lowest BCUT2D eigenvalue weighted by Gasteiger charge is -2.17. The lowest BCUT2D eigenvalue weighted by atomic mass is 10.2. The Kier molecular flexibility index (Phi) is 5.65. The zero-order chi connectivity index (χ0) is 19.2. The Morgan fingerprint density at radius 3 is 2.78 bits per heavy atom. The molecule has 0 fully saturated rings. The SMILES string of the molecule is CN(Cc1ccccc1F)C(=O)COC(=O)c1ccc(Cn2cccn2)o1.